The molecule has 0 N–H and O–H groups in total. The first-order valence-electron chi connectivity index (χ1n) is 18.2. The molecule has 0 aliphatic heterocycles. The molecule has 11 rings (SSSR count). The third-order valence-electron chi connectivity index (χ3n) is 11.2. The Bertz CT molecular complexity index is 3000. The van der Waals surface area contributed by atoms with Crippen LogP contribution < -0.4 is 0 Å². The normalized spacial score (nSPS) is 13.2. The summed E-state index contributed by atoms with van der Waals surface area (Å²) in [6.45, 7) is 4.82. The summed E-state index contributed by atoms with van der Waals surface area (Å²) in [5.74, 6) is 0.720. The van der Waals surface area contributed by atoms with Crippen molar-refractivity contribution in [3.63, 3.8) is 0 Å². The van der Waals surface area contributed by atoms with Gasteiger partial charge in [0.15, 0.2) is 5.82 Å². The molecule has 0 saturated heterocycles. The fourth-order valence-electron chi connectivity index (χ4n) is 8.79. The van der Waals surface area contributed by atoms with E-state index in [1.807, 2.05) is 35.6 Å². The van der Waals surface area contributed by atoms with E-state index in [1.54, 1.807) is 0 Å². The second-order valence-electron chi connectivity index (χ2n) is 14.5. The minimum absolute atomic E-state index is 0.126. The van der Waals surface area contributed by atoms with Gasteiger partial charge >= 0.3 is 0 Å². The highest BCUT2D eigenvalue weighted by Crippen LogP contribution is 2.58. The SMILES string of the molecule is CC1(C)c2ccccc2-c2c1c1sc3ccccc3c1c1c2c2ccccc2n1-c1ccc(-c2cc(-c3ccccc3)nc(-c3ccccc3)n2)cc1. The maximum Gasteiger partial charge on any atom is 0.160 e. The van der Waals surface area contributed by atoms with Crippen LogP contribution in [0.4, 0.5) is 0 Å². The molecule has 0 spiro atoms. The average molecular weight is 696 g/mol. The first-order chi connectivity index (χ1) is 26.1. The lowest BCUT2D eigenvalue weighted by atomic mass is 9.81. The quantitative estimate of drug-likeness (QED) is 0.183. The number of thiophene rings is 1. The Balaban J connectivity index is 1.18. The van der Waals surface area contributed by atoms with Gasteiger partial charge in [-0.2, -0.15) is 0 Å². The van der Waals surface area contributed by atoms with Crippen LogP contribution in [0.5, 0.6) is 0 Å². The lowest BCUT2D eigenvalue weighted by Gasteiger charge is -2.22. The van der Waals surface area contributed by atoms with Gasteiger partial charge in [0.1, 0.15) is 0 Å². The number of para-hydroxylation sites is 1. The summed E-state index contributed by atoms with van der Waals surface area (Å²) in [6, 6.07) is 58.7. The second kappa shape index (κ2) is 11.3. The number of fused-ring (bicyclic) bond motifs is 12. The van der Waals surface area contributed by atoms with Crippen molar-refractivity contribution in [1.29, 1.82) is 0 Å². The lowest BCUT2D eigenvalue weighted by Crippen LogP contribution is -2.15. The highest BCUT2D eigenvalue weighted by atomic mass is 32.1. The molecule has 3 heterocycles. The number of nitrogens with zero attached hydrogens (tertiary/aromatic N) is 3. The van der Waals surface area contributed by atoms with E-state index in [4.69, 9.17) is 9.97 Å². The van der Waals surface area contributed by atoms with Crippen LogP contribution in [0.15, 0.2) is 164 Å². The van der Waals surface area contributed by atoms with Crippen LogP contribution in [0.3, 0.4) is 0 Å². The van der Waals surface area contributed by atoms with E-state index in [1.165, 1.54) is 64.2 Å². The van der Waals surface area contributed by atoms with Crippen LogP contribution >= 0.6 is 11.3 Å². The molecule has 0 bridgehead atoms. The van der Waals surface area contributed by atoms with Gasteiger partial charge in [0.25, 0.3) is 0 Å². The maximum absolute atomic E-state index is 5.12. The molecule has 250 valence electrons. The number of hydrogen-bond donors (Lipinski definition) is 0. The molecule has 53 heavy (non-hydrogen) atoms. The number of rotatable bonds is 4. The molecule has 0 fully saturated rings. The molecule has 0 radical (unpaired) electrons. The molecule has 0 unspecified atom stereocenters. The zero-order valence-corrected chi connectivity index (χ0v) is 30.2. The minimum atomic E-state index is -0.126. The van der Waals surface area contributed by atoms with Gasteiger partial charge in [-0.25, -0.2) is 9.97 Å². The fourth-order valence-corrected chi connectivity index (χ4v) is 10.2. The predicted octanol–water partition coefficient (Wildman–Crippen LogP) is 13.2. The summed E-state index contributed by atoms with van der Waals surface area (Å²) in [4.78, 5) is 10.1. The standard InChI is InChI=1S/C49H33N3S/c1-49(2)37-22-12-9-19-34(37)42-43-35-20-10-13-23-40(35)52(46(43)44-36-21-11-14-24-41(36)53-47(44)45(42)49)33-27-25-31(26-28-33)39-29-38(30-15-5-3-6-16-30)50-48(51-39)32-17-7-4-8-18-32/h3-29H,1-2H3. The third-order valence-corrected chi connectivity index (χ3v) is 12.4. The van der Waals surface area contributed by atoms with Gasteiger partial charge in [0, 0.05) is 58.7 Å². The maximum atomic E-state index is 5.12. The number of benzene rings is 7. The molecule has 3 aromatic heterocycles. The Morgan fingerprint density at radius 1 is 0.547 bits per heavy atom. The first-order valence-corrected chi connectivity index (χ1v) is 19.0. The Morgan fingerprint density at radius 2 is 1.15 bits per heavy atom. The van der Waals surface area contributed by atoms with Gasteiger partial charge in [-0.05, 0) is 52.6 Å². The van der Waals surface area contributed by atoms with Crippen LogP contribution in [-0.4, -0.2) is 14.5 Å². The van der Waals surface area contributed by atoms with Gasteiger partial charge in [0.2, 0.25) is 0 Å². The van der Waals surface area contributed by atoms with Gasteiger partial charge in [-0.3, -0.25) is 0 Å². The van der Waals surface area contributed by atoms with E-state index < -0.39 is 0 Å². The molecule has 0 saturated carbocycles. The molecule has 4 heteroatoms. The van der Waals surface area contributed by atoms with Gasteiger partial charge in [-0.15, -0.1) is 11.3 Å². The van der Waals surface area contributed by atoms with E-state index in [9.17, 15) is 0 Å². The van der Waals surface area contributed by atoms with E-state index in [2.05, 4.69) is 158 Å². The van der Waals surface area contributed by atoms with Gasteiger partial charge in [-0.1, -0.05) is 147 Å². The van der Waals surface area contributed by atoms with Crippen molar-refractivity contribution in [3.8, 4) is 50.7 Å². The van der Waals surface area contributed by atoms with Crippen molar-refractivity contribution < 1.29 is 0 Å². The van der Waals surface area contributed by atoms with Crippen LogP contribution in [0.25, 0.3) is 92.7 Å². The molecule has 10 aromatic rings. The number of hydrogen-bond acceptors (Lipinski definition) is 3. The molecular weight excluding hydrogens is 663 g/mol. The molecule has 0 amide bonds. The largest absolute Gasteiger partial charge is 0.309 e. The first kappa shape index (κ1) is 30.3. The van der Waals surface area contributed by atoms with Crippen LogP contribution in [0.2, 0.25) is 0 Å². The molecular formula is C49H33N3S. The second-order valence-corrected chi connectivity index (χ2v) is 15.6. The van der Waals surface area contributed by atoms with Gasteiger partial charge < -0.3 is 4.57 Å². The predicted molar refractivity (Wildman–Crippen MR) is 223 cm³/mol. The Morgan fingerprint density at radius 3 is 1.91 bits per heavy atom. The van der Waals surface area contributed by atoms with Crippen molar-refractivity contribution in [1.82, 2.24) is 14.5 Å². The topological polar surface area (TPSA) is 30.7 Å². The highest BCUT2D eigenvalue weighted by Gasteiger charge is 2.40. The van der Waals surface area contributed by atoms with Crippen molar-refractivity contribution >= 4 is 53.3 Å². The van der Waals surface area contributed by atoms with Crippen molar-refractivity contribution in [2.45, 2.75) is 19.3 Å². The molecule has 3 nitrogen and oxygen atoms in total. The Hall–Kier alpha value is -6.36. The number of aromatic nitrogens is 3. The zero-order valence-electron chi connectivity index (χ0n) is 29.3. The molecule has 7 aromatic carbocycles. The van der Waals surface area contributed by atoms with Crippen LogP contribution in [0, 0.1) is 0 Å². The highest BCUT2D eigenvalue weighted by molar-refractivity contribution is 7.26. The van der Waals surface area contributed by atoms with Crippen molar-refractivity contribution in [3.05, 3.63) is 175 Å². The molecule has 1 aliphatic rings. The van der Waals surface area contributed by atoms with Crippen molar-refractivity contribution in [2.75, 3.05) is 0 Å². The summed E-state index contributed by atoms with van der Waals surface area (Å²) < 4.78 is 5.22. The zero-order chi connectivity index (χ0) is 35.3. The molecule has 0 atom stereocenters. The van der Waals surface area contributed by atoms with Crippen LogP contribution in [0.1, 0.15) is 25.0 Å². The summed E-state index contributed by atoms with van der Waals surface area (Å²) >= 11 is 1.94. The van der Waals surface area contributed by atoms with E-state index in [0.717, 1.165) is 39.6 Å². The summed E-state index contributed by atoms with van der Waals surface area (Å²) in [6.07, 6.45) is 0. The third kappa shape index (κ3) is 4.39. The van der Waals surface area contributed by atoms with E-state index in [-0.39, 0.29) is 5.41 Å². The smallest absolute Gasteiger partial charge is 0.160 e. The van der Waals surface area contributed by atoms with E-state index >= 15 is 0 Å². The van der Waals surface area contributed by atoms with Crippen molar-refractivity contribution in [2.24, 2.45) is 0 Å². The van der Waals surface area contributed by atoms with E-state index in [0.29, 0.717) is 0 Å². The summed E-state index contributed by atoms with van der Waals surface area (Å²) in [7, 11) is 0. The average Bonchev–Trinajstić information content (AvgIpc) is 3.84. The summed E-state index contributed by atoms with van der Waals surface area (Å²) in [5.41, 5.74) is 14.0. The minimum Gasteiger partial charge on any atom is -0.309 e. The van der Waals surface area contributed by atoms with Crippen LogP contribution in [-0.2, 0) is 5.41 Å². The molecule has 1 aliphatic carbocycles. The Kier molecular flexibility index (Phi) is 6.47. The Labute approximate surface area is 311 Å². The fraction of sp³-hybridized carbons (Fsp3) is 0.0612. The lowest BCUT2D eigenvalue weighted by molar-refractivity contribution is 0.667. The van der Waals surface area contributed by atoms with Gasteiger partial charge in [0.05, 0.1) is 22.4 Å². The summed E-state index contributed by atoms with van der Waals surface area (Å²) in [5, 5.41) is 5.28. The monoisotopic (exact) mass is 695 g/mol.